The number of amides is 1. The molecule has 0 atom stereocenters. The average Bonchev–Trinajstić information content (AvgIpc) is 2.47. The summed E-state index contributed by atoms with van der Waals surface area (Å²) in [6.07, 6.45) is 2.50. The molecule has 0 saturated carbocycles. The van der Waals surface area contributed by atoms with Crippen molar-refractivity contribution in [3.63, 3.8) is 0 Å². The Kier molecular flexibility index (Phi) is 4.35. The number of anilines is 1. The predicted molar refractivity (Wildman–Crippen MR) is 80.4 cm³/mol. The van der Waals surface area contributed by atoms with Gasteiger partial charge in [0.15, 0.2) is 0 Å². The smallest absolute Gasteiger partial charge is 0.253 e. The number of carbonyl (C=O) groups excluding carboxylic acids is 1. The number of aromatic nitrogens is 1. The van der Waals surface area contributed by atoms with Gasteiger partial charge in [0.25, 0.3) is 5.91 Å². The van der Waals surface area contributed by atoms with Crippen LogP contribution in [0.5, 0.6) is 0 Å². The molecule has 0 aliphatic carbocycles. The van der Waals surface area contributed by atoms with E-state index in [1.807, 2.05) is 18.2 Å². The molecule has 2 rings (SSSR count). The Morgan fingerprint density at radius 2 is 2.00 bits per heavy atom. The monoisotopic (exact) mass is 269 g/mol. The third-order valence-electron chi connectivity index (χ3n) is 3.29. The summed E-state index contributed by atoms with van der Waals surface area (Å²) in [4.78, 5) is 16.3. The fourth-order valence-corrected chi connectivity index (χ4v) is 2.12. The Bertz CT molecular complexity index is 623. The average molecular weight is 269 g/mol. The van der Waals surface area contributed by atoms with Crippen LogP contribution < -0.4 is 11.1 Å². The topological polar surface area (TPSA) is 68.0 Å². The Morgan fingerprint density at radius 3 is 2.70 bits per heavy atom. The molecule has 0 aliphatic heterocycles. The summed E-state index contributed by atoms with van der Waals surface area (Å²) in [6, 6.07) is 9.76. The van der Waals surface area contributed by atoms with Crippen LogP contribution in [0.2, 0.25) is 0 Å². The van der Waals surface area contributed by atoms with E-state index in [1.165, 1.54) is 5.56 Å². The van der Waals surface area contributed by atoms with E-state index in [9.17, 15) is 4.79 Å². The number of nitrogen functional groups attached to an aromatic ring is 1. The Balaban J connectivity index is 2.11. The quantitative estimate of drug-likeness (QED) is 0.896. The van der Waals surface area contributed by atoms with Crippen LogP contribution in [0.25, 0.3) is 0 Å². The van der Waals surface area contributed by atoms with E-state index in [1.54, 1.807) is 19.2 Å². The molecule has 4 nitrogen and oxygen atoms in total. The molecule has 1 aromatic heterocycles. The predicted octanol–water partition coefficient (Wildman–Crippen LogP) is 2.46. The van der Waals surface area contributed by atoms with Crippen molar-refractivity contribution < 1.29 is 4.79 Å². The van der Waals surface area contributed by atoms with Gasteiger partial charge in [-0.05, 0) is 30.5 Å². The van der Waals surface area contributed by atoms with E-state index in [0.717, 1.165) is 12.0 Å². The van der Waals surface area contributed by atoms with Crippen molar-refractivity contribution in [1.82, 2.24) is 10.3 Å². The number of carbonyl (C=O) groups is 1. The van der Waals surface area contributed by atoms with Crippen molar-refractivity contribution in [1.29, 1.82) is 0 Å². The Morgan fingerprint density at radius 1 is 1.30 bits per heavy atom. The summed E-state index contributed by atoms with van der Waals surface area (Å²) in [5, 5.41) is 2.92. The zero-order chi connectivity index (χ0) is 14.5. The maximum atomic E-state index is 12.2. The molecule has 0 spiro atoms. The number of hydrogen-bond acceptors (Lipinski definition) is 3. The van der Waals surface area contributed by atoms with Crippen molar-refractivity contribution >= 4 is 11.6 Å². The molecular weight excluding hydrogens is 250 g/mol. The second-order valence-electron chi connectivity index (χ2n) is 4.71. The van der Waals surface area contributed by atoms with Gasteiger partial charge in [0, 0.05) is 6.54 Å². The number of nitrogens with zero attached hydrogens (tertiary/aromatic N) is 1. The van der Waals surface area contributed by atoms with Crippen LogP contribution in [0, 0.1) is 6.92 Å². The van der Waals surface area contributed by atoms with Crippen molar-refractivity contribution in [3.05, 3.63) is 58.9 Å². The molecule has 1 amide bonds. The van der Waals surface area contributed by atoms with Crippen LogP contribution in [0.4, 0.5) is 5.69 Å². The lowest BCUT2D eigenvalue weighted by Gasteiger charge is -2.10. The third-order valence-corrected chi connectivity index (χ3v) is 3.29. The highest BCUT2D eigenvalue weighted by atomic mass is 16.1. The third kappa shape index (κ3) is 3.15. The fourth-order valence-electron chi connectivity index (χ4n) is 2.12. The lowest BCUT2D eigenvalue weighted by Crippen LogP contribution is -2.24. The molecule has 104 valence electrons. The zero-order valence-electron chi connectivity index (χ0n) is 11.8. The minimum absolute atomic E-state index is 0.145. The second-order valence-corrected chi connectivity index (χ2v) is 4.71. The van der Waals surface area contributed by atoms with E-state index in [-0.39, 0.29) is 5.91 Å². The van der Waals surface area contributed by atoms with Gasteiger partial charge in [0.05, 0.1) is 23.1 Å². The standard InChI is InChI=1S/C16H19N3O/c1-3-12-6-4-5-7-13(12)9-19-16(20)15-8-14(17)10-18-11(15)2/h4-8,10H,3,9,17H2,1-2H3,(H,19,20). The molecule has 0 fully saturated rings. The number of nitrogens with one attached hydrogen (secondary N) is 1. The SMILES string of the molecule is CCc1ccccc1CNC(=O)c1cc(N)cnc1C. The number of rotatable bonds is 4. The summed E-state index contributed by atoms with van der Waals surface area (Å²) in [6.45, 7) is 4.41. The number of aryl methyl sites for hydroxylation is 2. The first kappa shape index (κ1) is 14.1. The van der Waals surface area contributed by atoms with E-state index >= 15 is 0 Å². The van der Waals surface area contributed by atoms with Crippen LogP contribution in [0.1, 0.15) is 34.1 Å². The molecule has 4 heteroatoms. The van der Waals surface area contributed by atoms with Gasteiger partial charge >= 0.3 is 0 Å². The summed E-state index contributed by atoms with van der Waals surface area (Å²) in [5.74, 6) is -0.145. The molecule has 20 heavy (non-hydrogen) atoms. The highest BCUT2D eigenvalue weighted by molar-refractivity contribution is 5.95. The largest absolute Gasteiger partial charge is 0.397 e. The van der Waals surface area contributed by atoms with Crippen molar-refractivity contribution in [2.45, 2.75) is 26.8 Å². The minimum atomic E-state index is -0.145. The molecule has 0 bridgehead atoms. The van der Waals surface area contributed by atoms with Gasteiger partial charge in [-0.3, -0.25) is 9.78 Å². The van der Waals surface area contributed by atoms with Crippen LogP contribution >= 0.6 is 0 Å². The second kappa shape index (κ2) is 6.19. The number of pyridine rings is 1. The number of hydrogen-bond donors (Lipinski definition) is 2. The molecule has 0 radical (unpaired) electrons. The molecular formula is C16H19N3O. The van der Waals surface area contributed by atoms with E-state index in [0.29, 0.717) is 23.5 Å². The van der Waals surface area contributed by atoms with E-state index < -0.39 is 0 Å². The lowest BCUT2D eigenvalue weighted by molar-refractivity contribution is 0.0950. The van der Waals surface area contributed by atoms with Gasteiger partial charge < -0.3 is 11.1 Å². The van der Waals surface area contributed by atoms with E-state index in [2.05, 4.69) is 23.3 Å². The van der Waals surface area contributed by atoms with Crippen molar-refractivity contribution in [3.8, 4) is 0 Å². The van der Waals surface area contributed by atoms with Crippen LogP contribution in [-0.4, -0.2) is 10.9 Å². The van der Waals surface area contributed by atoms with Gasteiger partial charge in [0.2, 0.25) is 0 Å². The molecule has 3 N–H and O–H groups in total. The first-order valence-corrected chi connectivity index (χ1v) is 6.69. The Hall–Kier alpha value is -2.36. The summed E-state index contributed by atoms with van der Waals surface area (Å²) < 4.78 is 0. The highest BCUT2D eigenvalue weighted by Crippen LogP contribution is 2.12. The van der Waals surface area contributed by atoms with Gasteiger partial charge in [-0.25, -0.2) is 0 Å². The maximum absolute atomic E-state index is 12.2. The fraction of sp³-hybridized carbons (Fsp3) is 0.250. The van der Waals surface area contributed by atoms with Crippen molar-refractivity contribution in [2.75, 3.05) is 5.73 Å². The highest BCUT2D eigenvalue weighted by Gasteiger charge is 2.10. The first-order chi connectivity index (χ1) is 9.61. The maximum Gasteiger partial charge on any atom is 0.253 e. The summed E-state index contributed by atoms with van der Waals surface area (Å²) >= 11 is 0. The van der Waals surface area contributed by atoms with Crippen molar-refractivity contribution in [2.24, 2.45) is 0 Å². The van der Waals surface area contributed by atoms with Crippen LogP contribution in [-0.2, 0) is 13.0 Å². The van der Waals surface area contributed by atoms with E-state index in [4.69, 9.17) is 5.73 Å². The van der Waals surface area contributed by atoms with Gasteiger partial charge in [-0.2, -0.15) is 0 Å². The summed E-state index contributed by atoms with van der Waals surface area (Å²) in [5.41, 5.74) is 9.76. The first-order valence-electron chi connectivity index (χ1n) is 6.69. The number of nitrogens with two attached hydrogens (primary N) is 1. The van der Waals surface area contributed by atoms with Crippen LogP contribution in [0.3, 0.4) is 0 Å². The Labute approximate surface area is 119 Å². The molecule has 0 saturated heterocycles. The molecule has 2 aromatic rings. The van der Waals surface area contributed by atoms with Gasteiger partial charge in [0.1, 0.15) is 0 Å². The molecule has 0 unspecified atom stereocenters. The zero-order valence-corrected chi connectivity index (χ0v) is 11.8. The summed E-state index contributed by atoms with van der Waals surface area (Å²) in [7, 11) is 0. The lowest BCUT2D eigenvalue weighted by atomic mass is 10.1. The molecule has 1 heterocycles. The van der Waals surface area contributed by atoms with Gasteiger partial charge in [-0.1, -0.05) is 31.2 Å². The molecule has 1 aromatic carbocycles. The number of benzene rings is 1. The normalized spacial score (nSPS) is 10.3. The van der Waals surface area contributed by atoms with Gasteiger partial charge in [-0.15, -0.1) is 0 Å². The minimum Gasteiger partial charge on any atom is -0.397 e. The van der Waals surface area contributed by atoms with Crippen LogP contribution in [0.15, 0.2) is 36.5 Å². The molecule has 0 aliphatic rings.